The minimum Gasteiger partial charge on any atom is -0.464 e. The molecule has 28 heavy (non-hydrogen) atoms. The van der Waals surface area contributed by atoms with E-state index in [0.29, 0.717) is 12.2 Å². The Bertz CT molecular complexity index is 912. The van der Waals surface area contributed by atoms with Crippen LogP contribution in [-0.2, 0) is 27.3 Å². The Morgan fingerprint density at radius 2 is 1.75 bits per heavy atom. The molecule has 8 heteroatoms. The number of nitrogens with one attached hydrogen (secondary N) is 1. The van der Waals surface area contributed by atoms with Crippen molar-refractivity contribution in [3.05, 3.63) is 66.2 Å². The van der Waals surface area contributed by atoms with Gasteiger partial charge in [-0.15, -0.1) is 10.2 Å². The van der Waals surface area contributed by atoms with Gasteiger partial charge < -0.3 is 10.1 Å². The minimum atomic E-state index is -0.785. The molecule has 0 bridgehead atoms. The zero-order valence-corrected chi connectivity index (χ0v) is 15.5. The van der Waals surface area contributed by atoms with E-state index in [0.717, 1.165) is 11.1 Å². The van der Waals surface area contributed by atoms with Crippen LogP contribution in [0.2, 0.25) is 0 Å². The van der Waals surface area contributed by atoms with Crippen molar-refractivity contribution in [2.75, 3.05) is 6.61 Å². The first kappa shape index (κ1) is 19.2. The van der Waals surface area contributed by atoms with Gasteiger partial charge in [-0.2, -0.15) is 4.80 Å². The molecule has 1 amide bonds. The number of esters is 1. The second kappa shape index (κ2) is 9.40. The zero-order valence-electron chi connectivity index (χ0n) is 15.5. The third-order valence-electron chi connectivity index (χ3n) is 3.96. The van der Waals surface area contributed by atoms with Gasteiger partial charge in [-0.05, 0) is 17.7 Å². The lowest BCUT2D eigenvalue weighted by molar-refractivity contribution is -0.147. The lowest BCUT2D eigenvalue weighted by Gasteiger charge is -2.17. The summed E-state index contributed by atoms with van der Waals surface area (Å²) in [6, 6.07) is 18.0. The standard InChI is InChI=1S/C20H21N5O3/c1-2-28-20(27)17(13-15-9-5-3-6-10-15)21-18(26)14-25-23-19(22-24-25)16-11-7-4-8-12-16/h3-12,17H,2,13-14H2,1H3,(H,21,26)/t17-/m0/s1. The van der Waals surface area contributed by atoms with Gasteiger partial charge in [0, 0.05) is 12.0 Å². The SMILES string of the molecule is CCOC(=O)[C@H](Cc1ccccc1)NC(=O)Cn1nnc(-c2ccccc2)n1. The van der Waals surface area contributed by atoms with Crippen LogP contribution < -0.4 is 5.32 Å². The Kier molecular flexibility index (Phi) is 6.46. The van der Waals surface area contributed by atoms with E-state index in [-0.39, 0.29) is 13.2 Å². The van der Waals surface area contributed by atoms with E-state index in [4.69, 9.17) is 4.74 Å². The fourth-order valence-electron chi connectivity index (χ4n) is 2.67. The monoisotopic (exact) mass is 379 g/mol. The zero-order chi connectivity index (χ0) is 19.8. The number of rotatable bonds is 8. The lowest BCUT2D eigenvalue weighted by Crippen LogP contribution is -2.44. The molecule has 1 atom stereocenters. The molecule has 3 aromatic rings. The molecule has 3 rings (SSSR count). The first-order chi connectivity index (χ1) is 13.7. The average Bonchev–Trinajstić information content (AvgIpc) is 3.17. The molecule has 1 heterocycles. The fourth-order valence-corrected chi connectivity index (χ4v) is 2.67. The van der Waals surface area contributed by atoms with E-state index in [2.05, 4.69) is 20.7 Å². The van der Waals surface area contributed by atoms with Gasteiger partial charge >= 0.3 is 5.97 Å². The molecule has 0 spiro atoms. The van der Waals surface area contributed by atoms with Crippen LogP contribution in [0.4, 0.5) is 0 Å². The molecule has 8 nitrogen and oxygen atoms in total. The van der Waals surface area contributed by atoms with Crippen molar-refractivity contribution in [1.82, 2.24) is 25.5 Å². The van der Waals surface area contributed by atoms with Crippen molar-refractivity contribution in [3.63, 3.8) is 0 Å². The van der Waals surface area contributed by atoms with Gasteiger partial charge in [-0.25, -0.2) is 4.79 Å². The molecule has 0 saturated heterocycles. The van der Waals surface area contributed by atoms with Crippen molar-refractivity contribution in [2.24, 2.45) is 0 Å². The fraction of sp³-hybridized carbons (Fsp3) is 0.250. The summed E-state index contributed by atoms with van der Waals surface area (Å²) in [6.45, 7) is 1.82. The second-order valence-electron chi connectivity index (χ2n) is 6.07. The van der Waals surface area contributed by atoms with Gasteiger partial charge in [-0.3, -0.25) is 4.79 Å². The highest BCUT2D eigenvalue weighted by Gasteiger charge is 2.23. The van der Waals surface area contributed by atoms with E-state index in [9.17, 15) is 9.59 Å². The molecule has 1 N–H and O–H groups in total. The molecule has 144 valence electrons. The molecule has 2 aromatic carbocycles. The number of carbonyl (C=O) groups is 2. The average molecular weight is 379 g/mol. The van der Waals surface area contributed by atoms with Crippen LogP contribution in [0.15, 0.2) is 60.7 Å². The smallest absolute Gasteiger partial charge is 0.328 e. The number of benzene rings is 2. The van der Waals surface area contributed by atoms with Crippen molar-refractivity contribution >= 4 is 11.9 Å². The first-order valence-corrected chi connectivity index (χ1v) is 8.99. The van der Waals surface area contributed by atoms with Crippen molar-refractivity contribution < 1.29 is 14.3 Å². The maximum atomic E-state index is 12.4. The third-order valence-corrected chi connectivity index (χ3v) is 3.96. The summed E-state index contributed by atoms with van der Waals surface area (Å²) >= 11 is 0. The van der Waals surface area contributed by atoms with Crippen LogP contribution in [-0.4, -0.2) is 44.7 Å². The molecule has 0 saturated carbocycles. The predicted octanol–water partition coefficient (Wildman–Crippen LogP) is 1.63. The van der Waals surface area contributed by atoms with Crippen LogP contribution >= 0.6 is 0 Å². The summed E-state index contributed by atoms with van der Waals surface area (Å²) in [4.78, 5) is 25.9. The van der Waals surface area contributed by atoms with Gasteiger partial charge in [0.05, 0.1) is 6.61 Å². The van der Waals surface area contributed by atoms with Crippen LogP contribution in [0, 0.1) is 0 Å². The number of nitrogens with zero attached hydrogens (tertiary/aromatic N) is 4. The molecule has 0 aliphatic carbocycles. The highest BCUT2D eigenvalue weighted by molar-refractivity contribution is 5.84. The normalized spacial score (nSPS) is 11.6. The maximum Gasteiger partial charge on any atom is 0.328 e. The maximum absolute atomic E-state index is 12.4. The van der Waals surface area contributed by atoms with Gasteiger partial charge in [0.1, 0.15) is 12.6 Å². The summed E-state index contributed by atoms with van der Waals surface area (Å²) in [5.41, 5.74) is 1.73. The molecule has 0 radical (unpaired) electrons. The first-order valence-electron chi connectivity index (χ1n) is 8.99. The van der Waals surface area contributed by atoms with E-state index in [1.807, 2.05) is 60.7 Å². The van der Waals surface area contributed by atoms with Crippen LogP contribution in [0.3, 0.4) is 0 Å². The molecular formula is C20H21N5O3. The number of hydrogen-bond acceptors (Lipinski definition) is 6. The molecule has 0 aliphatic heterocycles. The van der Waals surface area contributed by atoms with Crippen LogP contribution in [0.25, 0.3) is 11.4 Å². The summed E-state index contributed by atoms with van der Waals surface area (Å²) in [5, 5.41) is 14.8. The molecule has 0 fully saturated rings. The van der Waals surface area contributed by atoms with Gasteiger partial charge in [0.25, 0.3) is 0 Å². The Morgan fingerprint density at radius 1 is 1.07 bits per heavy atom. The topological polar surface area (TPSA) is 99.0 Å². The molecular weight excluding hydrogens is 358 g/mol. The number of carbonyl (C=O) groups excluding carboxylic acids is 2. The number of hydrogen-bond donors (Lipinski definition) is 1. The van der Waals surface area contributed by atoms with Crippen LogP contribution in [0.1, 0.15) is 12.5 Å². The van der Waals surface area contributed by atoms with Crippen molar-refractivity contribution in [3.8, 4) is 11.4 Å². The van der Waals surface area contributed by atoms with Gasteiger partial charge in [0.2, 0.25) is 11.7 Å². The summed E-state index contributed by atoms with van der Waals surface area (Å²) in [6.07, 6.45) is 0.339. The highest BCUT2D eigenvalue weighted by Crippen LogP contribution is 2.11. The summed E-state index contributed by atoms with van der Waals surface area (Å²) in [5.74, 6) is -0.443. The number of ether oxygens (including phenoxy) is 1. The minimum absolute atomic E-state index is 0.148. The Balaban J connectivity index is 1.65. The Morgan fingerprint density at radius 3 is 2.43 bits per heavy atom. The van der Waals surface area contributed by atoms with E-state index in [1.165, 1.54) is 4.80 Å². The largest absolute Gasteiger partial charge is 0.464 e. The lowest BCUT2D eigenvalue weighted by atomic mass is 10.1. The van der Waals surface area contributed by atoms with Crippen molar-refractivity contribution in [1.29, 1.82) is 0 Å². The quantitative estimate of drug-likeness (QED) is 0.597. The van der Waals surface area contributed by atoms with Gasteiger partial charge in [-0.1, -0.05) is 60.7 Å². The second-order valence-corrected chi connectivity index (χ2v) is 6.07. The van der Waals surface area contributed by atoms with Gasteiger partial charge in [0.15, 0.2) is 0 Å². The molecule has 0 aliphatic rings. The van der Waals surface area contributed by atoms with E-state index in [1.54, 1.807) is 6.92 Å². The number of tetrazole rings is 1. The third kappa shape index (κ3) is 5.23. The Labute approximate surface area is 162 Å². The van der Waals surface area contributed by atoms with Crippen molar-refractivity contribution in [2.45, 2.75) is 25.9 Å². The van der Waals surface area contributed by atoms with E-state index >= 15 is 0 Å². The Hall–Kier alpha value is -3.55. The van der Waals surface area contributed by atoms with Crippen LogP contribution in [0.5, 0.6) is 0 Å². The highest BCUT2D eigenvalue weighted by atomic mass is 16.5. The number of amides is 1. The number of aromatic nitrogens is 4. The summed E-state index contributed by atoms with van der Waals surface area (Å²) in [7, 11) is 0. The van der Waals surface area contributed by atoms with E-state index < -0.39 is 17.9 Å². The molecule has 1 aromatic heterocycles. The molecule has 0 unspecified atom stereocenters. The summed E-state index contributed by atoms with van der Waals surface area (Å²) < 4.78 is 5.09. The predicted molar refractivity (Wildman–Crippen MR) is 102 cm³/mol.